The van der Waals surface area contributed by atoms with Gasteiger partial charge in [-0.3, -0.25) is 29.3 Å². The Morgan fingerprint density at radius 2 is 1.71 bits per heavy atom. The second kappa shape index (κ2) is 10.0. The number of nitro groups is 1. The highest BCUT2D eigenvalue weighted by Gasteiger charge is 2.27. The molecule has 1 aromatic heterocycles. The Kier molecular flexibility index (Phi) is 6.58. The van der Waals surface area contributed by atoms with E-state index in [1.54, 1.807) is 17.0 Å². The van der Waals surface area contributed by atoms with Gasteiger partial charge >= 0.3 is 5.69 Å². The zero-order chi connectivity index (χ0) is 27.0. The fourth-order valence-electron chi connectivity index (χ4n) is 4.93. The smallest absolute Gasteiger partial charge is 0.329 e. The zero-order valence-corrected chi connectivity index (χ0v) is 20.0. The molecular weight excluding hydrogens is 498 g/mol. The first-order valence-corrected chi connectivity index (χ1v) is 12.0. The van der Waals surface area contributed by atoms with E-state index in [0.29, 0.717) is 31.5 Å². The third-order valence-electron chi connectivity index (χ3n) is 6.93. The lowest BCUT2D eigenvalue weighted by molar-refractivity contribution is -0.384. The van der Waals surface area contributed by atoms with Crippen LogP contribution in [0.3, 0.4) is 0 Å². The van der Waals surface area contributed by atoms with Gasteiger partial charge in [0.1, 0.15) is 11.6 Å². The highest BCUT2D eigenvalue weighted by atomic mass is 19.1. The minimum atomic E-state index is -0.841. The van der Waals surface area contributed by atoms with Crippen LogP contribution in [-0.4, -0.2) is 38.4 Å². The van der Waals surface area contributed by atoms with Gasteiger partial charge in [-0.25, -0.2) is 13.6 Å². The standard InChI is InChI=1S/C27H22F2N4O5/c28-21-9-4-16(15-32-23-3-1-2-22(29)24(23)25(34)30-27(32)36)14-20(21)26(35)31-12-10-18(11-13-31)17-5-7-19(8-6-17)33(37)38/h1-9,14,18H,10-13,15H2,(H,30,34,36). The lowest BCUT2D eigenvalue weighted by Crippen LogP contribution is -2.38. The molecule has 0 atom stereocenters. The van der Waals surface area contributed by atoms with Crippen molar-refractivity contribution in [2.45, 2.75) is 25.3 Å². The number of amides is 1. The topological polar surface area (TPSA) is 118 Å². The van der Waals surface area contributed by atoms with Crippen molar-refractivity contribution in [2.24, 2.45) is 0 Å². The molecule has 5 rings (SSSR count). The summed E-state index contributed by atoms with van der Waals surface area (Å²) in [6.07, 6.45) is 1.24. The summed E-state index contributed by atoms with van der Waals surface area (Å²) in [5, 5.41) is 10.6. The molecule has 194 valence electrons. The second-order valence-corrected chi connectivity index (χ2v) is 9.21. The molecule has 3 aromatic carbocycles. The molecule has 38 heavy (non-hydrogen) atoms. The lowest BCUT2D eigenvalue weighted by atomic mass is 9.89. The molecule has 0 aliphatic carbocycles. The number of hydrogen-bond acceptors (Lipinski definition) is 5. The van der Waals surface area contributed by atoms with E-state index in [-0.39, 0.29) is 34.6 Å². The van der Waals surface area contributed by atoms with E-state index in [4.69, 9.17) is 0 Å². The predicted molar refractivity (Wildman–Crippen MR) is 135 cm³/mol. The van der Waals surface area contributed by atoms with E-state index in [0.717, 1.165) is 22.3 Å². The van der Waals surface area contributed by atoms with Gasteiger partial charge in [-0.05, 0) is 54.2 Å². The normalized spacial score (nSPS) is 14.1. The molecule has 0 saturated carbocycles. The number of benzene rings is 3. The Morgan fingerprint density at radius 1 is 1.00 bits per heavy atom. The number of nitro benzene ring substituents is 1. The maximum Gasteiger partial charge on any atom is 0.329 e. The lowest BCUT2D eigenvalue weighted by Gasteiger charge is -2.32. The van der Waals surface area contributed by atoms with Crippen LogP contribution in [0, 0.1) is 21.7 Å². The Balaban J connectivity index is 1.35. The predicted octanol–water partition coefficient (Wildman–Crippen LogP) is 3.94. The van der Waals surface area contributed by atoms with Gasteiger partial charge in [-0.15, -0.1) is 0 Å². The Morgan fingerprint density at radius 3 is 2.39 bits per heavy atom. The van der Waals surface area contributed by atoms with Gasteiger partial charge in [-0.1, -0.05) is 24.3 Å². The number of likely N-dealkylation sites (tertiary alicyclic amines) is 1. The summed E-state index contributed by atoms with van der Waals surface area (Å²) in [4.78, 5) is 51.9. The maximum atomic E-state index is 14.7. The van der Waals surface area contributed by atoms with Crippen molar-refractivity contribution in [1.29, 1.82) is 0 Å². The van der Waals surface area contributed by atoms with Crippen molar-refractivity contribution in [3.05, 3.63) is 120 Å². The molecule has 2 heterocycles. The van der Waals surface area contributed by atoms with Crippen molar-refractivity contribution in [3.63, 3.8) is 0 Å². The molecule has 0 spiro atoms. The van der Waals surface area contributed by atoms with Gasteiger partial charge < -0.3 is 4.90 Å². The SMILES string of the molecule is O=C(c1cc(Cn2c(=O)[nH]c(=O)c3c(F)cccc32)ccc1F)N1CCC(c2ccc([N+](=O)[O-])cc2)CC1. The highest BCUT2D eigenvalue weighted by molar-refractivity contribution is 5.94. The van der Waals surface area contributed by atoms with E-state index < -0.39 is 33.7 Å². The molecule has 1 N–H and O–H groups in total. The molecule has 1 fully saturated rings. The van der Waals surface area contributed by atoms with Crippen LogP contribution >= 0.6 is 0 Å². The van der Waals surface area contributed by atoms with Gasteiger partial charge in [0.25, 0.3) is 17.2 Å². The van der Waals surface area contributed by atoms with Gasteiger partial charge in [-0.2, -0.15) is 0 Å². The van der Waals surface area contributed by atoms with Gasteiger partial charge in [0.2, 0.25) is 0 Å². The number of fused-ring (bicyclic) bond motifs is 1. The van der Waals surface area contributed by atoms with Crippen molar-refractivity contribution in [3.8, 4) is 0 Å². The van der Waals surface area contributed by atoms with Crippen LogP contribution in [-0.2, 0) is 6.54 Å². The number of aromatic nitrogens is 2. The summed E-state index contributed by atoms with van der Waals surface area (Å²) in [7, 11) is 0. The number of rotatable bonds is 5. The summed E-state index contributed by atoms with van der Waals surface area (Å²) in [5.74, 6) is -1.85. The van der Waals surface area contributed by atoms with Crippen LogP contribution in [0.2, 0.25) is 0 Å². The molecule has 9 nitrogen and oxygen atoms in total. The third-order valence-corrected chi connectivity index (χ3v) is 6.93. The van der Waals surface area contributed by atoms with Crippen molar-refractivity contribution in [1.82, 2.24) is 14.5 Å². The van der Waals surface area contributed by atoms with Gasteiger partial charge in [0.15, 0.2) is 0 Å². The quantitative estimate of drug-likeness (QED) is 0.316. The summed E-state index contributed by atoms with van der Waals surface area (Å²) in [6, 6.07) is 14.2. The average Bonchev–Trinajstić information content (AvgIpc) is 2.91. The Hall–Kier alpha value is -4.67. The summed E-state index contributed by atoms with van der Waals surface area (Å²) < 4.78 is 30.1. The minimum Gasteiger partial charge on any atom is -0.339 e. The number of non-ortho nitro benzene ring substituents is 1. The first-order valence-electron chi connectivity index (χ1n) is 12.0. The molecule has 1 aliphatic heterocycles. The number of nitrogens with zero attached hydrogens (tertiary/aromatic N) is 3. The number of carbonyl (C=O) groups is 1. The largest absolute Gasteiger partial charge is 0.339 e. The minimum absolute atomic E-state index is 0.0129. The van der Waals surface area contributed by atoms with Crippen molar-refractivity contribution >= 4 is 22.5 Å². The second-order valence-electron chi connectivity index (χ2n) is 9.21. The summed E-state index contributed by atoms with van der Waals surface area (Å²) >= 11 is 0. The van der Waals surface area contributed by atoms with Crippen molar-refractivity contribution in [2.75, 3.05) is 13.1 Å². The van der Waals surface area contributed by atoms with Crippen LogP contribution in [0.1, 0.15) is 40.2 Å². The van der Waals surface area contributed by atoms with Crippen LogP contribution < -0.4 is 11.2 Å². The van der Waals surface area contributed by atoms with E-state index in [1.807, 2.05) is 0 Å². The molecule has 4 aromatic rings. The first-order chi connectivity index (χ1) is 18.2. The average molecular weight is 520 g/mol. The molecule has 0 bridgehead atoms. The fourth-order valence-corrected chi connectivity index (χ4v) is 4.93. The number of aromatic amines is 1. The fraction of sp³-hybridized carbons (Fsp3) is 0.222. The Bertz CT molecular complexity index is 1670. The molecule has 1 amide bonds. The number of nitrogens with one attached hydrogen (secondary N) is 1. The highest BCUT2D eigenvalue weighted by Crippen LogP contribution is 2.30. The number of carbonyl (C=O) groups excluding carboxylic acids is 1. The number of piperidine rings is 1. The maximum absolute atomic E-state index is 14.7. The molecule has 1 aliphatic rings. The molecule has 1 saturated heterocycles. The van der Waals surface area contributed by atoms with Crippen molar-refractivity contribution < 1.29 is 18.5 Å². The molecule has 0 radical (unpaired) electrons. The van der Waals surface area contributed by atoms with Gasteiger partial charge in [0.05, 0.1) is 27.9 Å². The number of H-pyrrole nitrogens is 1. The molecule has 11 heteroatoms. The van der Waals surface area contributed by atoms with Crippen LogP contribution in [0.25, 0.3) is 10.9 Å². The van der Waals surface area contributed by atoms with Crippen LogP contribution in [0.5, 0.6) is 0 Å². The van der Waals surface area contributed by atoms with Crippen LogP contribution in [0.15, 0.2) is 70.3 Å². The number of hydrogen-bond donors (Lipinski definition) is 1. The van der Waals surface area contributed by atoms with E-state index in [2.05, 4.69) is 4.98 Å². The third kappa shape index (κ3) is 4.70. The molecular formula is C27H22F2N4O5. The van der Waals surface area contributed by atoms with Crippen LogP contribution in [0.4, 0.5) is 14.5 Å². The molecule has 0 unspecified atom stereocenters. The monoisotopic (exact) mass is 520 g/mol. The van der Waals surface area contributed by atoms with E-state index in [9.17, 15) is 33.3 Å². The Labute approximate surface area is 214 Å². The summed E-state index contributed by atoms with van der Waals surface area (Å²) in [5.41, 5.74) is -0.265. The number of halogens is 2. The summed E-state index contributed by atoms with van der Waals surface area (Å²) in [6.45, 7) is 0.652. The first kappa shape index (κ1) is 25.0. The van der Waals surface area contributed by atoms with E-state index in [1.165, 1.54) is 36.4 Å². The van der Waals surface area contributed by atoms with E-state index >= 15 is 0 Å². The zero-order valence-electron chi connectivity index (χ0n) is 20.0. The van der Waals surface area contributed by atoms with Gasteiger partial charge in [0, 0.05) is 25.2 Å².